The number of hydrogen-bond donors (Lipinski definition) is 2. The summed E-state index contributed by atoms with van der Waals surface area (Å²) >= 11 is 0. The van der Waals surface area contributed by atoms with Gasteiger partial charge in [-0.05, 0) is 48.9 Å². The minimum Gasteiger partial charge on any atom is -0.454 e. The van der Waals surface area contributed by atoms with Crippen molar-refractivity contribution >= 4 is 17.4 Å². The summed E-state index contributed by atoms with van der Waals surface area (Å²) < 4.78 is 10.6. The summed E-state index contributed by atoms with van der Waals surface area (Å²) in [6, 6.07) is 12.8. The number of amides is 1. The summed E-state index contributed by atoms with van der Waals surface area (Å²) in [7, 11) is 0. The third-order valence-corrected chi connectivity index (χ3v) is 3.90. The fourth-order valence-corrected chi connectivity index (χ4v) is 2.48. The number of rotatable bonds is 7. The van der Waals surface area contributed by atoms with Gasteiger partial charge in [-0.1, -0.05) is 6.07 Å². The van der Waals surface area contributed by atoms with Gasteiger partial charge in [0.25, 0.3) is 0 Å². The van der Waals surface area contributed by atoms with Crippen molar-refractivity contribution in [2.24, 2.45) is 0 Å². The van der Waals surface area contributed by atoms with Gasteiger partial charge < -0.3 is 20.1 Å². The predicted octanol–water partition coefficient (Wildman–Crippen LogP) is 2.74. The Hall–Kier alpha value is -3.02. The summed E-state index contributed by atoms with van der Waals surface area (Å²) in [5.74, 6) is 1.44. The lowest BCUT2D eigenvalue weighted by molar-refractivity contribution is -0.121. The number of carbonyl (C=O) groups excluding carboxylic acids is 2. The van der Waals surface area contributed by atoms with E-state index >= 15 is 0 Å². The Bertz CT molecular complexity index is 771. The number of anilines is 1. The monoisotopic (exact) mass is 340 g/mol. The maximum atomic E-state index is 11.9. The molecule has 0 aromatic heterocycles. The van der Waals surface area contributed by atoms with Gasteiger partial charge in [0.15, 0.2) is 17.3 Å². The van der Waals surface area contributed by atoms with Crippen molar-refractivity contribution in [1.29, 1.82) is 0 Å². The Morgan fingerprint density at radius 1 is 1.04 bits per heavy atom. The topological polar surface area (TPSA) is 76.7 Å². The van der Waals surface area contributed by atoms with Gasteiger partial charge in [0.05, 0.1) is 0 Å². The molecule has 0 atom stereocenters. The van der Waals surface area contributed by atoms with E-state index in [1.165, 1.54) is 6.92 Å². The van der Waals surface area contributed by atoms with Crippen molar-refractivity contribution in [1.82, 2.24) is 5.32 Å². The van der Waals surface area contributed by atoms with Crippen LogP contribution in [0.5, 0.6) is 11.5 Å². The molecule has 0 saturated carbocycles. The quantitative estimate of drug-likeness (QED) is 0.758. The molecule has 1 aliphatic rings. The second-order valence-corrected chi connectivity index (χ2v) is 5.77. The average molecular weight is 340 g/mol. The second kappa shape index (κ2) is 7.70. The van der Waals surface area contributed by atoms with Crippen LogP contribution in [-0.2, 0) is 11.3 Å². The molecule has 2 aromatic rings. The number of carbonyl (C=O) groups is 2. The number of Topliss-reactive ketones (excluding diaryl/α,β-unsaturated/α-hetero) is 1. The summed E-state index contributed by atoms with van der Waals surface area (Å²) in [5.41, 5.74) is 2.52. The van der Waals surface area contributed by atoms with Crippen LogP contribution >= 0.6 is 0 Å². The highest BCUT2D eigenvalue weighted by atomic mass is 16.7. The first kappa shape index (κ1) is 16.8. The van der Waals surface area contributed by atoms with E-state index in [0.29, 0.717) is 30.8 Å². The normalized spacial score (nSPS) is 11.9. The molecule has 0 radical (unpaired) electrons. The lowest BCUT2D eigenvalue weighted by Gasteiger charge is -2.08. The predicted molar refractivity (Wildman–Crippen MR) is 94.0 cm³/mol. The van der Waals surface area contributed by atoms with Gasteiger partial charge in [-0.15, -0.1) is 0 Å². The van der Waals surface area contributed by atoms with Crippen molar-refractivity contribution < 1.29 is 19.1 Å². The van der Waals surface area contributed by atoms with Crippen LogP contribution in [0.1, 0.15) is 29.3 Å². The van der Waals surface area contributed by atoms with Crippen molar-refractivity contribution in [3.63, 3.8) is 0 Å². The zero-order valence-electron chi connectivity index (χ0n) is 14.0. The molecule has 6 nitrogen and oxygen atoms in total. The largest absolute Gasteiger partial charge is 0.454 e. The third-order valence-electron chi connectivity index (χ3n) is 3.90. The summed E-state index contributed by atoms with van der Waals surface area (Å²) in [5, 5.41) is 6.05. The first-order chi connectivity index (χ1) is 12.1. The van der Waals surface area contributed by atoms with Crippen LogP contribution in [-0.4, -0.2) is 25.0 Å². The van der Waals surface area contributed by atoms with Gasteiger partial charge in [-0.3, -0.25) is 9.59 Å². The summed E-state index contributed by atoms with van der Waals surface area (Å²) in [6.45, 7) is 2.74. The number of fused-ring (bicyclic) bond motifs is 1. The number of benzene rings is 2. The smallest absolute Gasteiger partial charge is 0.231 e. The zero-order valence-corrected chi connectivity index (χ0v) is 14.0. The van der Waals surface area contributed by atoms with E-state index < -0.39 is 0 Å². The number of hydrogen-bond acceptors (Lipinski definition) is 5. The van der Waals surface area contributed by atoms with E-state index in [-0.39, 0.29) is 18.5 Å². The Balaban J connectivity index is 1.40. The van der Waals surface area contributed by atoms with Crippen LogP contribution in [0.4, 0.5) is 5.69 Å². The molecule has 130 valence electrons. The molecule has 0 aliphatic carbocycles. The van der Waals surface area contributed by atoms with Crippen molar-refractivity contribution in [2.45, 2.75) is 19.9 Å². The molecular formula is C19H20N2O4. The molecule has 6 heteroatoms. The first-order valence-electron chi connectivity index (χ1n) is 8.12. The molecule has 25 heavy (non-hydrogen) atoms. The molecular weight excluding hydrogens is 320 g/mol. The van der Waals surface area contributed by atoms with Crippen LogP contribution < -0.4 is 20.1 Å². The van der Waals surface area contributed by atoms with Gasteiger partial charge in [-0.2, -0.15) is 0 Å². The minimum atomic E-state index is -0.0366. The average Bonchev–Trinajstić information content (AvgIpc) is 3.08. The van der Waals surface area contributed by atoms with E-state index in [4.69, 9.17) is 9.47 Å². The summed E-state index contributed by atoms with van der Waals surface area (Å²) in [6.07, 6.45) is 0.360. The highest BCUT2D eigenvalue weighted by molar-refractivity contribution is 5.94. The van der Waals surface area contributed by atoms with Crippen molar-refractivity contribution in [2.75, 3.05) is 18.7 Å². The maximum Gasteiger partial charge on any atom is 0.231 e. The highest BCUT2D eigenvalue weighted by Gasteiger charge is 2.13. The van der Waals surface area contributed by atoms with E-state index in [0.717, 1.165) is 17.0 Å². The van der Waals surface area contributed by atoms with Gasteiger partial charge >= 0.3 is 0 Å². The van der Waals surface area contributed by atoms with Crippen LogP contribution in [0.25, 0.3) is 0 Å². The fourth-order valence-electron chi connectivity index (χ4n) is 2.48. The Labute approximate surface area is 146 Å². The van der Waals surface area contributed by atoms with E-state index in [2.05, 4.69) is 10.6 Å². The first-order valence-corrected chi connectivity index (χ1v) is 8.12. The third kappa shape index (κ3) is 4.50. The Morgan fingerprint density at radius 2 is 1.80 bits per heavy atom. The van der Waals surface area contributed by atoms with E-state index in [1.54, 1.807) is 12.1 Å². The molecule has 0 spiro atoms. The molecule has 3 rings (SSSR count). The zero-order chi connectivity index (χ0) is 17.6. The molecule has 1 heterocycles. The number of ether oxygens (including phenoxy) is 2. The van der Waals surface area contributed by atoms with Crippen molar-refractivity contribution in [3.8, 4) is 11.5 Å². The fraction of sp³-hybridized carbons (Fsp3) is 0.263. The molecule has 1 aliphatic heterocycles. The van der Waals surface area contributed by atoms with E-state index in [1.807, 2.05) is 30.3 Å². The molecule has 0 fully saturated rings. The van der Waals surface area contributed by atoms with E-state index in [9.17, 15) is 9.59 Å². The molecule has 0 unspecified atom stereocenters. The maximum absolute atomic E-state index is 11.9. The lowest BCUT2D eigenvalue weighted by Crippen LogP contribution is -2.24. The number of nitrogens with one attached hydrogen (secondary N) is 2. The van der Waals surface area contributed by atoms with Crippen LogP contribution in [0.3, 0.4) is 0 Å². The van der Waals surface area contributed by atoms with Gasteiger partial charge in [0.1, 0.15) is 0 Å². The Kier molecular flexibility index (Phi) is 5.18. The number of ketones is 1. The molecule has 2 N–H and O–H groups in total. The standard InChI is InChI=1S/C19H20N2O4/c1-13(22)15-3-5-16(6-4-15)20-9-8-19(23)21-11-14-2-7-17-18(10-14)25-12-24-17/h2-7,10,20H,8-9,11-12H2,1H3,(H,21,23). The lowest BCUT2D eigenvalue weighted by atomic mass is 10.1. The molecule has 2 aromatic carbocycles. The van der Waals surface area contributed by atoms with Gasteiger partial charge in [0, 0.05) is 30.8 Å². The SMILES string of the molecule is CC(=O)c1ccc(NCCC(=O)NCc2ccc3c(c2)OCO3)cc1. The highest BCUT2D eigenvalue weighted by Crippen LogP contribution is 2.32. The molecule has 1 amide bonds. The Morgan fingerprint density at radius 3 is 2.56 bits per heavy atom. The van der Waals surface area contributed by atoms with Crippen LogP contribution in [0.2, 0.25) is 0 Å². The second-order valence-electron chi connectivity index (χ2n) is 5.77. The molecule has 0 saturated heterocycles. The van der Waals surface area contributed by atoms with Crippen LogP contribution in [0.15, 0.2) is 42.5 Å². The van der Waals surface area contributed by atoms with Gasteiger partial charge in [-0.25, -0.2) is 0 Å². The minimum absolute atomic E-state index is 0.0365. The van der Waals surface area contributed by atoms with Crippen molar-refractivity contribution in [3.05, 3.63) is 53.6 Å². The summed E-state index contributed by atoms with van der Waals surface area (Å²) in [4.78, 5) is 23.2. The van der Waals surface area contributed by atoms with Gasteiger partial charge in [0.2, 0.25) is 12.7 Å². The van der Waals surface area contributed by atoms with Crippen LogP contribution in [0, 0.1) is 0 Å². The molecule has 0 bridgehead atoms.